The van der Waals surface area contributed by atoms with Crippen LogP contribution in [0.15, 0.2) is 12.4 Å². The van der Waals surface area contributed by atoms with Crippen molar-refractivity contribution in [2.24, 2.45) is 0 Å². The number of hydrogen-bond acceptors (Lipinski definition) is 1. The third-order valence-corrected chi connectivity index (χ3v) is 3.07. The Morgan fingerprint density at radius 1 is 1.00 bits per heavy atom. The molecule has 0 spiro atoms. The first-order chi connectivity index (χ1) is 7.93. The Morgan fingerprint density at radius 2 is 1.59 bits per heavy atom. The van der Waals surface area contributed by atoms with Crippen LogP contribution < -0.4 is 29.6 Å². The fourth-order valence-electron chi connectivity index (χ4n) is 2.04. The molecule has 0 aromatic carbocycles. The average Bonchev–Trinajstić information content (AvgIpc) is 2.80. The summed E-state index contributed by atoms with van der Waals surface area (Å²) in [5.41, 5.74) is 0. The van der Waals surface area contributed by atoms with Gasteiger partial charge in [-0.25, -0.2) is 4.98 Å². The summed E-state index contributed by atoms with van der Waals surface area (Å²) in [5.74, 6) is 1.14. The van der Waals surface area contributed by atoms with Crippen LogP contribution in [-0.4, -0.2) is 9.97 Å². The Morgan fingerprint density at radius 3 is 2.12 bits per heavy atom. The maximum absolute atomic E-state index is 4.23. The van der Waals surface area contributed by atoms with Crippen molar-refractivity contribution in [3.8, 4) is 0 Å². The largest absolute Gasteiger partial charge is 1.00 e. The monoisotopic (exact) mass is 246 g/mol. The minimum atomic E-state index is 0. The molecule has 0 aliphatic heterocycles. The van der Waals surface area contributed by atoms with Crippen LogP contribution in [0.3, 0.4) is 0 Å². The van der Waals surface area contributed by atoms with Crippen LogP contribution >= 0.6 is 0 Å². The first kappa shape index (κ1) is 17.2. The Labute approximate surface area is 130 Å². The zero-order valence-electron chi connectivity index (χ0n) is 12.7. The van der Waals surface area contributed by atoms with Crippen LogP contribution in [0.4, 0.5) is 0 Å². The number of aryl methyl sites for hydroxylation is 1. The third kappa shape index (κ3) is 9.87. The molecule has 0 fully saturated rings. The number of aromatic nitrogens is 2. The van der Waals surface area contributed by atoms with Gasteiger partial charge in [-0.1, -0.05) is 58.3 Å². The van der Waals surface area contributed by atoms with Gasteiger partial charge in [0.05, 0.1) is 0 Å². The van der Waals surface area contributed by atoms with Gasteiger partial charge < -0.3 is 6.41 Å². The molecular formula is C14H27N2Na. The van der Waals surface area contributed by atoms with E-state index in [0.717, 1.165) is 12.2 Å². The summed E-state index contributed by atoms with van der Waals surface area (Å²) in [7, 11) is 0. The number of imidazole rings is 1. The van der Waals surface area contributed by atoms with Gasteiger partial charge in [0.25, 0.3) is 0 Å². The van der Waals surface area contributed by atoms with Crippen molar-refractivity contribution >= 4 is 0 Å². The molecule has 1 heterocycles. The quantitative estimate of drug-likeness (QED) is 0.493. The number of hydrogen-bond donors (Lipinski definition) is 1. The van der Waals surface area contributed by atoms with E-state index >= 15 is 0 Å². The van der Waals surface area contributed by atoms with E-state index in [-0.39, 0.29) is 31.0 Å². The molecule has 94 valence electrons. The molecule has 0 bridgehead atoms. The molecule has 3 heteroatoms. The normalized spacial score (nSPS) is 10.2. The molecular weight excluding hydrogens is 219 g/mol. The van der Waals surface area contributed by atoms with Crippen LogP contribution in [0.1, 0.15) is 72.0 Å². The number of nitrogens with one attached hydrogen (secondary N) is 1. The number of unbranched alkanes of at least 4 members (excludes halogenated alkanes) is 8. The number of rotatable bonds is 10. The molecule has 2 nitrogen and oxygen atoms in total. The van der Waals surface area contributed by atoms with E-state index in [9.17, 15) is 0 Å². The summed E-state index contributed by atoms with van der Waals surface area (Å²) in [4.78, 5) is 7.38. The maximum atomic E-state index is 4.23. The van der Waals surface area contributed by atoms with E-state index < -0.39 is 0 Å². The van der Waals surface area contributed by atoms with E-state index in [4.69, 9.17) is 0 Å². The van der Waals surface area contributed by atoms with E-state index in [1.54, 1.807) is 0 Å². The predicted molar refractivity (Wildman–Crippen MR) is 70.6 cm³/mol. The van der Waals surface area contributed by atoms with Gasteiger partial charge in [-0.3, -0.25) is 0 Å². The first-order valence-electron chi connectivity index (χ1n) is 6.91. The third-order valence-electron chi connectivity index (χ3n) is 3.07. The van der Waals surface area contributed by atoms with Crippen LogP contribution in [0.5, 0.6) is 0 Å². The topological polar surface area (TPSA) is 28.7 Å². The molecule has 0 radical (unpaired) electrons. The summed E-state index contributed by atoms with van der Waals surface area (Å²) >= 11 is 0. The van der Waals surface area contributed by atoms with E-state index in [1.165, 1.54) is 57.8 Å². The van der Waals surface area contributed by atoms with Crippen LogP contribution in [0.25, 0.3) is 0 Å². The second kappa shape index (κ2) is 12.7. The van der Waals surface area contributed by atoms with Crippen molar-refractivity contribution in [2.45, 2.75) is 71.1 Å². The molecule has 0 saturated heterocycles. The Bertz CT molecular complexity index is 240. The molecule has 0 atom stereocenters. The molecule has 0 amide bonds. The van der Waals surface area contributed by atoms with Gasteiger partial charge in [-0.05, 0) is 6.42 Å². The minimum absolute atomic E-state index is 0. The summed E-state index contributed by atoms with van der Waals surface area (Å²) in [5, 5.41) is 0. The molecule has 1 aromatic rings. The molecule has 0 saturated carbocycles. The zero-order valence-corrected chi connectivity index (χ0v) is 13.7. The SMILES string of the molecule is CCCCCCCCCCCc1ncc[nH]1.[H-].[Na+]. The maximum Gasteiger partial charge on any atom is 1.00 e. The van der Waals surface area contributed by atoms with Gasteiger partial charge in [-0.15, -0.1) is 0 Å². The summed E-state index contributed by atoms with van der Waals surface area (Å²) in [6.07, 6.45) is 17.4. The Kier molecular flexibility index (Phi) is 12.8. The molecule has 0 aliphatic rings. The molecule has 1 rings (SSSR count). The van der Waals surface area contributed by atoms with Crippen molar-refractivity contribution in [1.29, 1.82) is 0 Å². The average molecular weight is 246 g/mol. The van der Waals surface area contributed by atoms with Crippen molar-refractivity contribution in [1.82, 2.24) is 9.97 Å². The number of aromatic amines is 1. The predicted octanol–water partition coefficient (Wildman–Crippen LogP) is 1.60. The van der Waals surface area contributed by atoms with Gasteiger partial charge in [0.15, 0.2) is 0 Å². The second-order valence-corrected chi connectivity index (χ2v) is 4.61. The molecule has 1 aromatic heterocycles. The van der Waals surface area contributed by atoms with E-state index in [1.807, 2.05) is 12.4 Å². The molecule has 0 aliphatic carbocycles. The summed E-state index contributed by atoms with van der Waals surface area (Å²) in [6, 6.07) is 0. The van der Waals surface area contributed by atoms with Gasteiger partial charge in [0.2, 0.25) is 0 Å². The van der Waals surface area contributed by atoms with Gasteiger partial charge in [0.1, 0.15) is 5.82 Å². The Balaban J connectivity index is 0. The van der Waals surface area contributed by atoms with Crippen LogP contribution in [-0.2, 0) is 6.42 Å². The van der Waals surface area contributed by atoms with Crippen molar-refractivity contribution in [2.75, 3.05) is 0 Å². The van der Waals surface area contributed by atoms with E-state index in [2.05, 4.69) is 16.9 Å². The zero-order chi connectivity index (χ0) is 11.5. The minimum Gasteiger partial charge on any atom is -1.00 e. The summed E-state index contributed by atoms with van der Waals surface area (Å²) in [6.45, 7) is 2.27. The van der Waals surface area contributed by atoms with Crippen LogP contribution in [0.2, 0.25) is 0 Å². The number of nitrogens with zero attached hydrogens (tertiary/aromatic N) is 1. The molecule has 17 heavy (non-hydrogen) atoms. The second-order valence-electron chi connectivity index (χ2n) is 4.61. The molecule has 1 N–H and O–H groups in total. The standard InChI is InChI=1S/C14H26N2.Na.H/c1-2-3-4-5-6-7-8-9-10-11-14-15-12-13-16-14;;/h12-13H,2-11H2,1H3,(H,15,16);;/q;+1;-1. The fraction of sp³-hybridized carbons (Fsp3) is 0.786. The summed E-state index contributed by atoms with van der Waals surface area (Å²) < 4.78 is 0. The first-order valence-corrected chi connectivity index (χ1v) is 6.91. The van der Waals surface area contributed by atoms with Gasteiger partial charge in [-0.2, -0.15) is 0 Å². The number of H-pyrrole nitrogens is 1. The van der Waals surface area contributed by atoms with Gasteiger partial charge in [0, 0.05) is 18.8 Å². The molecule has 0 unspecified atom stereocenters. The van der Waals surface area contributed by atoms with Gasteiger partial charge >= 0.3 is 29.6 Å². The fourth-order valence-corrected chi connectivity index (χ4v) is 2.04. The Hall–Kier alpha value is 0.210. The van der Waals surface area contributed by atoms with Crippen molar-refractivity contribution in [3.63, 3.8) is 0 Å². The van der Waals surface area contributed by atoms with E-state index in [0.29, 0.717) is 0 Å². The van der Waals surface area contributed by atoms with Crippen molar-refractivity contribution < 1.29 is 31.0 Å². The van der Waals surface area contributed by atoms with Crippen LogP contribution in [0, 0.1) is 0 Å². The smallest absolute Gasteiger partial charge is 1.00 e. The van der Waals surface area contributed by atoms with Crippen molar-refractivity contribution in [3.05, 3.63) is 18.2 Å².